The summed E-state index contributed by atoms with van der Waals surface area (Å²) in [7, 11) is 0. The molecule has 2 aromatic carbocycles. The predicted octanol–water partition coefficient (Wildman–Crippen LogP) is 3.00. The summed E-state index contributed by atoms with van der Waals surface area (Å²) >= 11 is 0. The molecule has 5 heteroatoms. The molecule has 0 saturated carbocycles. The van der Waals surface area contributed by atoms with Crippen molar-refractivity contribution < 1.29 is 19.0 Å². The minimum Gasteiger partial charge on any atom is -0.486 e. The van der Waals surface area contributed by atoms with E-state index in [4.69, 9.17) is 14.2 Å². The zero-order chi connectivity index (χ0) is 18.7. The monoisotopic (exact) mass is 367 g/mol. The van der Waals surface area contributed by atoms with Crippen LogP contribution in [0.25, 0.3) is 0 Å². The number of hydrogen-bond donors (Lipinski definition) is 1. The second kappa shape index (κ2) is 7.61. The van der Waals surface area contributed by atoms with Gasteiger partial charge in [0, 0.05) is 13.2 Å². The van der Waals surface area contributed by atoms with E-state index in [0.29, 0.717) is 39.2 Å². The van der Waals surface area contributed by atoms with Crippen LogP contribution in [0.5, 0.6) is 11.5 Å². The molecule has 1 N–H and O–H groups in total. The van der Waals surface area contributed by atoms with E-state index in [-0.39, 0.29) is 12.0 Å². The number of amides is 1. The first-order chi connectivity index (χ1) is 13.2. The largest absolute Gasteiger partial charge is 0.486 e. The van der Waals surface area contributed by atoms with Gasteiger partial charge >= 0.3 is 0 Å². The number of para-hydroxylation sites is 2. The van der Waals surface area contributed by atoms with E-state index in [1.54, 1.807) is 0 Å². The lowest BCUT2D eigenvalue weighted by atomic mass is 9.71. The minimum atomic E-state index is -0.545. The van der Waals surface area contributed by atoms with Crippen molar-refractivity contribution in [3.63, 3.8) is 0 Å². The Morgan fingerprint density at radius 3 is 2.56 bits per heavy atom. The number of nitrogens with one attached hydrogen (secondary N) is 1. The van der Waals surface area contributed by atoms with Crippen LogP contribution in [0.2, 0.25) is 0 Å². The lowest BCUT2D eigenvalue weighted by Gasteiger charge is -2.37. The highest BCUT2D eigenvalue weighted by Crippen LogP contribution is 2.37. The zero-order valence-electron chi connectivity index (χ0n) is 15.6. The van der Waals surface area contributed by atoms with Gasteiger partial charge in [0.1, 0.15) is 12.7 Å². The van der Waals surface area contributed by atoms with Crippen molar-refractivity contribution in [2.24, 2.45) is 0 Å². The lowest BCUT2D eigenvalue weighted by molar-refractivity contribution is -0.131. The third-order valence-electron chi connectivity index (χ3n) is 5.50. The number of carbonyl (C=O) groups is 1. The predicted molar refractivity (Wildman–Crippen MR) is 102 cm³/mol. The van der Waals surface area contributed by atoms with Crippen LogP contribution in [0.15, 0.2) is 48.5 Å². The van der Waals surface area contributed by atoms with E-state index in [0.717, 1.165) is 22.6 Å². The van der Waals surface area contributed by atoms with Crippen molar-refractivity contribution in [1.29, 1.82) is 0 Å². The number of ether oxygens (including phenoxy) is 3. The number of carbonyl (C=O) groups excluding carboxylic acids is 1. The van der Waals surface area contributed by atoms with Gasteiger partial charge in [0.2, 0.25) is 5.91 Å². The quantitative estimate of drug-likeness (QED) is 0.903. The van der Waals surface area contributed by atoms with Crippen molar-refractivity contribution in [2.75, 3.05) is 26.4 Å². The third-order valence-corrected chi connectivity index (χ3v) is 5.50. The second-order valence-corrected chi connectivity index (χ2v) is 7.22. The Hall–Kier alpha value is -2.53. The van der Waals surface area contributed by atoms with Crippen LogP contribution in [0, 0.1) is 6.92 Å². The maximum atomic E-state index is 13.3. The Bertz CT molecular complexity index is 813. The molecule has 0 unspecified atom stereocenters. The Kier molecular flexibility index (Phi) is 5.03. The average molecular weight is 367 g/mol. The lowest BCUT2D eigenvalue weighted by Crippen LogP contribution is -2.51. The summed E-state index contributed by atoms with van der Waals surface area (Å²) < 4.78 is 17.3. The molecule has 27 heavy (non-hydrogen) atoms. The number of rotatable bonds is 4. The van der Waals surface area contributed by atoms with Crippen LogP contribution in [-0.4, -0.2) is 38.4 Å². The Labute approximate surface area is 159 Å². The fourth-order valence-corrected chi connectivity index (χ4v) is 3.99. The van der Waals surface area contributed by atoms with Crippen LogP contribution in [0.1, 0.15) is 24.0 Å². The minimum absolute atomic E-state index is 0.0440. The van der Waals surface area contributed by atoms with Gasteiger partial charge in [-0.15, -0.1) is 0 Å². The molecule has 0 radical (unpaired) electrons. The van der Waals surface area contributed by atoms with Crippen LogP contribution in [0.4, 0.5) is 0 Å². The maximum Gasteiger partial charge on any atom is 0.230 e. The molecule has 142 valence electrons. The highest BCUT2D eigenvalue weighted by atomic mass is 16.6. The number of benzene rings is 2. The highest BCUT2D eigenvalue weighted by Gasteiger charge is 2.42. The van der Waals surface area contributed by atoms with E-state index in [9.17, 15) is 4.79 Å². The molecule has 5 nitrogen and oxygen atoms in total. The molecule has 2 aromatic rings. The van der Waals surface area contributed by atoms with Gasteiger partial charge in [-0.05, 0) is 43.0 Å². The molecule has 1 saturated heterocycles. The maximum absolute atomic E-state index is 13.3. The van der Waals surface area contributed by atoms with Crippen LogP contribution in [-0.2, 0) is 14.9 Å². The van der Waals surface area contributed by atoms with Gasteiger partial charge in [0.25, 0.3) is 0 Å². The van der Waals surface area contributed by atoms with E-state index in [1.165, 1.54) is 0 Å². The first-order valence-electron chi connectivity index (χ1n) is 9.50. The average Bonchev–Trinajstić information content (AvgIpc) is 2.72. The number of hydrogen-bond acceptors (Lipinski definition) is 4. The van der Waals surface area contributed by atoms with Gasteiger partial charge < -0.3 is 19.5 Å². The van der Waals surface area contributed by atoms with Gasteiger partial charge in [0.05, 0.1) is 12.0 Å². The van der Waals surface area contributed by atoms with Crippen molar-refractivity contribution in [3.8, 4) is 11.5 Å². The van der Waals surface area contributed by atoms with Crippen molar-refractivity contribution in [3.05, 3.63) is 59.7 Å². The molecule has 2 heterocycles. The smallest absolute Gasteiger partial charge is 0.230 e. The Morgan fingerprint density at radius 1 is 1.07 bits per heavy atom. The highest BCUT2D eigenvalue weighted by molar-refractivity contribution is 5.88. The summed E-state index contributed by atoms with van der Waals surface area (Å²) in [5, 5.41) is 3.12. The van der Waals surface area contributed by atoms with Gasteiger partial charge in [-0.3, -0.25) is 4.79 Å². The first kappa shape index (κ1) is 17.9. The summed E-state index contributed by atoms with van der Waals surface area (Å²) in [6, 6.07) is 15.7. The Balaban J connectivity index is 1.48. The van der Waals surface area contributed by atoms with Gasteiger partial charge in [-0.25, -0.2) is 0 Å². The summed E-state index contributed by atoms with van der Waals surface area (Å²) in [4.78, 5) is 13.3. The molecule has 1 fully saturated rings. The topological polar surface area (TPSA) is 56.8 Å². The molecular formula is C22H25NO4. The molecule has 2 aliphatic heterocycles. The zero-order valence-corrected chi connectivity index (χ0v) is 15.6. The van der Waals surface area contributed by atoms with Crippen molar-refractivity contribution in [2.45, 2.75) is 31.3 Å². The molecular weight excluding hydrogens is 342 g/mol. The van der Waals surface area contributed by atoms with Gasteiger partial charge in [-0.1, -0.05) is 36.4 Å². The molecule has 4 rings (SSSR count). The second-order valence-electron chi connectivity index (χ2n) is 7.22. The van der Waals surface area contributed by atoms with Crippen LogP contribution < -0.4 is 14.8 Å². The molecule has 0 spiro atoms. The van der Waals surface area contributed by atoms with Crippen LogP contribution >= 0.6 is 0 Å². The number of aryl methyl sites for hydroxylation is 1. The van der Waals surface area contributed by atoms with Crippen molar-refractivity contribution in [1.82, 2.24) is 5.32 Å². The third kappa shape index (κ3) is 3.52. The molecule has 0 aromatic heterocycles. The van der Waals surface area contributed by atoms with E-state index in [2.05, 4.69) is 24.4 Å². The fraction of sp³-hybridized carbons (Fsp3) is 0.409. The van der Waals surface area contributed by atoms with Gasteiger partial charge in [0.15, 0.2) is 11.5 Å². The molecule has 2 aliphatic rings. The fourth-order valence-electron chi connectivity index (χ4n) is 3.99. The van der Waals surface area contributed by atoms with E-state index < -0.39 is 5.41 Å². The van der Waals surface area contributed by atoms with Crippen LogP contribution in [0.3, 0.4) is 0 Å². The molecule has 0 aliphatic carbocycles. The summed E-state index contributed by atoms with van der Waals surface area (Å²) in [5.41, 5.74) is 1.69. The molecule has 1 atom stereocenters. The normalized spacial score (nSPS) is 20.7. The number of fused-ring (bicyclic) bond motifs is 1. The summed E-state index contributed by atoms with van der Waals surface area (Å²) in [6.07, 6.45) is 1.18. The summed E-state index contributed by atoms with van der Waals surface area (Å²) in [5.74, 6) is 1.52. The summed E-state index contributed by atoms with van der Waals surface area (Å²) in [6.45, 7) is 4.10. The van der Waals surface area contributed by atoms with E-state index >= 15 is 0 Å². The SMILES string of the molecule is Cc1ccccc1C1(C(=O)NC[C@@H]2COc3ccccc3O2)CCOCC1. The van der Waals surface area contributed by atoms with Gasteiger partial charge in [-0.2, -0.15) is 0 Å². The Morgan fingerprint density at radius 2 is 1.78 bits per heavy atom. The molecule has 1 amide bonds. The first-order valence-corrected chi connectivity index (χ1v) is 9.50. The molecule has 0 bridgehead atoms. The standard InChI is InChI=1S/C22H25NO4/c1-16-6-2-3-7-18(16)22(10-12-25-13-11-22)21(24)23-14-17-15-26-19-8-4-5-9-20(19)27-17/h2-9,17H,10-15H2,1H3,(H,23,24)/t17-/m1/s1. The van der Waals surface area contributed by atoms with E-state index in [1.807, 2.05) is 36.4 Å². The van der Waals surface area contributed by atoms with Crippen molar-refractivity contribution >= 4 is 5.91 Å².